The Morgan fingerprint density at radius 3 is 2.74 bits per heavy atom. The number of pyridine rings is 1. The lowest BCUT2D eigenvalue weighted by molar-refractivity contribution is 0.0473. The number of hydrogen-bond donors (Lipinski definition) is 0. The smallest absolute Gasteiger partial charge is 0.350 e. The summed E-state index contributed by atoms with van der Waals surface area (Å²) in [7, 11) is 0. The van der Waals surface area contributed by atoms with Crippen molar-refractivity contribution in [3.05, 3.63) is 70.6 Å². The van der Waals surface area contributed by atoms with Crippen LogP contribution in [-0.2, 0) is 11.3 Å². The summed E-state index contributed by atoms with van der Waals surface area (Å²) in [5, 5.41) is 0.654. The van der Waals surface area contributed by atoms with Gasteiger partial charge in [0.1, 0.15) is 22.3 Å². The van der Waals surface area contributed by atoms with E-state index in [2.05, 4.69) is 9.97 Å². The topological polar surface area (TPSA) is 52.1 Å². The number of ether oxygens (including phenoxy) is 1. The van der Waals surface area contributed by atoms with Crippen LogP contribution in [0.2, 0.25) is 0 Å². The highest BCUT2D eigenvalue weighted by Crippen LogP contribution is 2.27. The molecule has 0 aliphatic heterocycles. The Morgan fingerprint density at radius 2 is 2.00 bits per heavy atom. The van der Waals surface area contributed by atoms with E-state index in [0.717, 1.165) is 0 Å². The Labute approximate surface area is 136 Å². The molecule has 0 aliphatic rings. The van der Waals surface area contributed by atoms with Crippen LogP contribution in [0.25, 0.3) is 10.7 Å². The first-order valence-electron chi connectivity index (χ1n) is 6.94. The summed E-state index contributed by atoms with van der Waals surface area (Å²) in [6, 6.07) is 11.7. The van der Waals surface area contributed by atoms with E-state index < -0.39 is 11.8 Å². The van der Waals surface area contributed by atoms with Gasteiger partial charge in [-0.05, 0) is 25.1 Å². The zero-order chi connectivity index (χ0) is 16.2. The van der Waals surface area contributed by atoms with Gasteiger partial charge in [-0.1, -0.05) is 24.3 Å². The largest absolute Gasteiger partial charge is 0.456 e. The lowest BCUT2D eigenvalue weighted by Crippen LogP contribution is -2.05. The molecule has 2 heterocycles. The lowest BCUT2D eigenvalue weighted by Gasteiger charge is -2.04. The summed E-state index contributed by atoms with van der Waals surface area (Å²) in [5.41, 5.74) is 1.62. The van der Waals surface area contributed by atoms with Crippen LogP contribution in [0.15, 0.2) is 48.7 Å². The van der Waals surface area contributed by atoms with E-state index in [1.807, 2.05) is 18.2 Å². The normalized spacial score (nSPS) is 10.5. The zero-order valence-electron chi connectivity index (χ0n) is 12.3. The fourth-order valence-corrected chi connectivity index (χ4v) is 2.95. The van der Waals surface area contributed by atoms with Crippen LogP contribution in [0.1, 0.15) is 20.9 Å². The molecule has 3 aromatic rings. The van der Waals surface area contributed by atoms with Crippen molar-refractivity contribution in [3.63, 3.8) is 0 Å². The van der Waals surface area contributed by atoms with Gasteiger partial charge in [-0.2, -0.15) is 0 Å². The first-order valence-corrected chi connectivity index (χ1v) is 7.76. The highest BCUT2D eigenvalue weighted by Gasteiger charge is 2.18. The van der Waals surface area contributed by atoms with Crippen molar-refractivity contribution in [1.82, 2.24) is 9.97 Å². The summed E-state index contributed by atoms with van der Waals surface area (Å²) in [5.74, 6) is -0.902. The minimum absolute atomic E-state index is 0.109. The Hall–Kier alpha value is -2.60. The van der Waals surface area contributed by atoms with Crippen molar-refractivity contribution in [2.45, 2.75) is 13.5 Å². The van der Waals surface area contributed by atoms with Gasteiger partial charge in [0.15, 0.2) is 0 Å². The monoisotopic (exact) mass is 328 g/mol. The SMILES string of the molecule is Cc1nc(-c2ccccn2)sc1C(=O)OCc1ccccc1F. The van der Waals surface area contributed by atoms with Crippen LogP contribution in [0, 0.1) is 12.7 Å². The van der Waals surface area contributed by atoms with Crippen molar-refractivity contribution in [2.75, 3.05) is 0 Å². The van der Waals surface area contributed by atoms with Crippen molar-refractivity contribution < 1.29 is 13.9 Å². The summed E-state index contributed by atoms with van der Waals surface area (Å²) in [6.45, 7) is 1.63. The average Bonchev–Trinajstić information content (AvgIpc) is 2.97. The number of aryl methyl sites for hydroxylation is 1. The van der Waals surface area contributed by atoms with Gasteiger partial charge in [0.25, 0.3) is 0 Å². The Morgan fingerprint density at radius 1 is 1.22 bits per heavy atom. The van der Waals surface area contributed by atoms with E-state index in [1.165, 1.54) is 17.4 Å². The molecule has 0 aliphatic carbocycles. The first-order chi connectivity index (χ1) is 11.1. The third kappa shape index (κ3) is 3.43. The van der Waals surface area contributed by atoms with Crippen LogP contribution >= 0.6 is 11.3 Å². The predicted octanol–water partition coefficient (Wildman–Crippen LogP) is 4.01. The minimum Gasteiger partial charge on any atom is -0.456 e. The molecule has 0 amide bonds. The third-order valence-electron chi connectivity index (χ3n) is 3.18. The van der Waals surface area contributed by atoms with Gasteiger partial charge in [-0.25, -0.2) is 14.2 Å². The molecule has 23 heavy (non-hydrogen) atoms. The number of nitrogens with zero attached hydrogens (tertiary/aromatic N) is 2. The summed E-state index contributed by atoms with van der Waals surface area (Å²) >= 11 is 1.22. The molecule has 0 saturated heterocycles. The van der Waals surface area contributed by atoms with E-state index in [-0.39, 0.29) is 6.61 Å². The number of carbonyl (C=O) groups is 1. The van der Waals surface area contributed by atoms with Gasteiger partial charge in [0.2, 0.25) is 0 Å². The highest BCUT2D eigenvalue weighted by molar-refractivity contribution is 7.17. The summed E-state index contributed by atoms with van der Waals surface area (Å²) in [4.78, 5) is 21.2. The average molecular weight is 328 g/mol. The highest BCUT2D eigenvalue weighted by atomic mass is 32.1. The molecule has 0 unspecified atom stereocenters. The number of thiazole rings is 1. The third-order valence-corrected chi connectivity index (χ3v) is 4.34. The van der Waals surface area contributed by atoms with Crippen molar-refractivity contribution in [1.29, 1.82) is 0 Å². The number of benzene rings is 1. The molecule has 0 N–H and O–H groups in total. The van der Waals surface area contributed by atoms with Crippen molar-refractivity contribution in [2.24, 2.45) is 0 Å². The molecule has 1 aromatic carbocycles. The molecule has 2 aromatic heterocycles. The van der Waals surface area contributed by atoms with Crippen molar-refractivity contribution >= 4 is 17.3 Å². The van der Waals surface area contributed by atoms with Crippen LogP contribution < -0.4 is 0 Å². The van der Waals surface area contributed by atoms with E-state index in [4.69, 9.17) is 4.74 Å². The van der Waals surface area contributed by atoms with E-state index >= 15 is 0 Å². The molecular weight excluding hydrogens is 315 g/mol. The summed E-state index contributed by atoms with van der Waals surface area (Å²) in [6.07, 6.45) is 1.67. The first kappa shape index (κ1) is 15.3. The quantitative estimate of drug-likeness (QED) is 0.679. The Bertz CT molecular complexity index is 834. The lowest BCUT2D eigenvalue weighted by atomic mass is 10.2. The second-order valence-corrected chi connectivity index (χ2v) is 5.82. The van der Waals surface area contributed by atoms with Gasteiger partial charge in [-0.3, -0.25) is 4.98 Å². The molecule has 6 heteroatoms. The second-order valence-electron chi connectivity index (χ2n) is 4.82. The van der Waals surface area contributed by atoms with E-state index in [1.54, 1.807) is 31.3 Å². The molecule has 0 radical (unpaired) electrons. The van der Waals surface area contributed by atoms with Crippen LogP contribution in [-0.4, -0.2) is 15.9 Å². The number of aromatic nitrogens is 2. The number of esters is 1. The zero-order valence-corrected chi connectivity index (χ0v) is 13.1. The van der Waals surface area contributed by atoms with Gasteiger partial charge < -0.3 is 4.74 Å². The number of hydrogen-bond acceptors (Lipinski definition) is 5. The maximum atomic E-state index is 13.5. The minimum atomic E-state index is -0.509. The van der Waals surface area contributed by atoms with Crippen LogP contribution in [0.5, 0.6) is 0 Å². The van der Waals surface area contributed by atoms with E-state index in [0.29, 0.717) is 26.8 Å². The molecule has 4 nitrogen and oxygen atoms in total. The number of rotatable bonds is 4. The van der Waals surface area contributed by atoms with Crippen LogP contribution in [0.3, 0.4) is 0 Å². The van der Waals surface area contributed by atoms with Gasteiger partial charge in [0, 0.05) is 11.8 Å². The molecular formula is C17H13FN2O2S. The molecule has 0 bridgehead atoms. The molecule has 0 atom stereocenters. The fourth-order valence-electron chi connectivity index (χ4n) is 2.01. The molecule has 0 fully saturated rings. The number of halogens is 1. The standard InChI is InChI=1S/C17H13FN2O2S/c1-11-15(23-16(20-11)14-8-4-5-9-19-14)17(21)22-10-12-6-2-3-7-13(12)18/h2-9H,10H2,1H3. The Kier molecular flexibility index (Phi) is 4.43. The maximum Gasteiger partial charge on any atom is 0.350 e. The van der Waals surface area contributed by atoms with Crippen LogP contribution in [0.4, 0.5) is 4.39 Å². The van der Waals surface area contributed by atoms with Crippen molar-refractivity contribution in [3.8, 4) is 10.7 Å². The van der Waals surface area contributed by atoms with Gasteiger partial charge in [0.05, 0.1) is 11.4 Å². The number of carbonyl (C=O) groups excluding carboxylic acids is 1. The van der Waals surface area contributed by atoms with E-state index in [9.17, 15) is 9.18 Å². The molecule has 0 spiro atoms. The second kappa shape index (κ2) is 6.66. The van der Waals surface area contributed by atoms with Gasteiger partial charge in [-0.15, -0.1) is 11.3 Å². The Balaban J connectivity index is 1.75. The predicted molar refractivity (Wildman–Crippen MR) is 85.6 cm³/mol. The fraction of sp³-hybridized carbons (Fsp3) is 0.118. The molecule has 116 valence electrons. The molecule has 3 rings (SSSR count). The molecule has 0 saturated carbocycles. The maximum absolute atomic E-state index is 13.5. The van der Waals surface area contributed by atoms with Gasteiger partial charge >= 0.3 is 5.97 Å². The summed E-state index contributed by atoms with van der Waals surface area (Å²) < 4.78 is 18.7.